The Kier molecular flexibility index (Phi) is 7.32. The molecule has 24 heavy (non-hydrogen) atoms. The summed E-state index contributed by atoms with van der Waals surface area (Å²) in [6.07, 6.45) is 2.49. The van der Waals surface area contributed by atoms with Crippen LogP contribution in [-0.2, 0) is 11.3 Å². The monoisotopic (exact) mass is 334 g/mol. The third kappa shape index (κ3) is 5.68. The van der Waals surface area contributed by atoms with E-state index in [0.29, 0.717) is 70.1 Å². The molecule has 0 aliphatic carbocycles. The average Bonchev–Trinajstić information content (AvgIpc) is 2.59. The highest BCUT2D eigenvalue weighted by atomic mass is 16.5. The fraction of sp³-hybridized carbons (Fsp3) is 0.611. The van der Waals surface area contributed by atoms with Crippen LogP contribution in [0.4, 0.5) is 0 Å². The summed E-state index contributed by atoms with van der Waals surface area (Å²) in [4.78, 5) is 0. The van der Waals surface area contributed by atoms with E-state index >= 15 is 0 Å². The number of rotatable bonds is 9. The molecule has 0 spiro atoms. The molecule has 2 rings (SSSR count). The third-order valence-corrected chi connectivity index (χ3v) is 4.13. The van der Waals surface area contributed by atoms with Crippen LogP contribution in [-0.4, -0.2) is 44.2 Å². The van der Waals surface area contributed by atoms with Crippen LogP contribution in [0.3, 0.4) is 0 Å². The van der Waals surface area contributed by atoms with Gasteiger partial charge in [-0.05, 0) is 24.1 Å². The maximum atomic E-state index is 10.4. The smallest absolute Gasteiger partial charge is 0.161 e. The summed E-state index contributed by atoms with van der Waals surface area (Å²) in [5.74, 6) is 1.36. The molecule has 2 N–H and O–H groups in total. The van der Waals surface area contributed by atoms with Crippen LogP contribution in [0.15, 0.2) is 18.2 Å². The quantitative estimate of drug-likeness (QED) is 0.672. The molecule has 6 nitrogen and oxygen atoms in total. The molecule has 1 heterocycles. The lowest BCUT2D eigenvalue weighted by Crippen LogP contribution is -2.44. The number of nitrogens with zero attached hydrogens (tertiary/aromatic N) is 1. The van der Waals surface area contributed by atoms with E-state index < -0.39 is 5.60 Å². The number of ether oxygens (including phenoxy) is 3. The van der Waals surface area contributed by atoms with Crippen molar-refractivity contribution in [2.75, 3.05) is 33.5 Å². The molecule has 6 heteroatoms. The number of methoxy groups -OCH3 is 1. The van der Waals surface area contributed by atoms with Crippen molar-refractivity contribution in [3.05, 3.63) is 23.8 Å². The third-order valence-electron chi connectivity index (χ3n) is 4.13. The molecular formula is C18H26N2O4. The summed E-state index contributed by atoms with van der Waals surface area (Å²) in [7, 11) is 1.61. The Balaban J connectivity index is 1.86. The van der Waals surface area contributed by atoms with E-state index in [0.717, 1.165) is 5.56 Å². The van der Waals surface area contributed by atoms with Crippen molar-refractivity contribution >= 4 is 0 Å². The molecule has 1 aromatic carbocycles. The molecule has 0 radical (unpaired) electrons. The van der Waals surface area contributed by atoms with Gasteiger partial charge in [0.15, 0.2) is 11.5 Å². The molecule has 0 saturated carbocycles. The lowest BCUT2D eigenvalue weighted by molar-refractivity contribution is -0.0617. The standard InChI is InChI=1S/C18H26N2O4/c1-22-16-5-4-15(12-17(16)24-9-3-2-8-19)13-20-14-18(21)6-10-23-11-7-18/h4-5,12,20-21H,2-3,6-7,9-11,13-14H2,1H3. The molecule has 0 atom stereocenters. The summed E-state index contributed by atoms with van der Waals surface area (Å²) >= 11 is 0. The van der Waals surface area contributed by atoms with E-state index in [9.17, 15) is 5.11 Å². The van der Waals surface area contributed by atoms with Gasteiger partial charge >= 0.3 is 0 Å². The van der Waals surface area contributed by atoms with Gasteiger partial charge in [0, 0.05) is 45.6 Å². The highest BCUT2D eigenvalue weighted by Gasteiger charge is 2.29. The first-order valence-corrected chi connectivity index (χ1v) is 8.34. The zero-order chi connectivity index (χ0) is 17.3. The molecule has 1 fully saturated rings. The number of aliphatic hydroxyl groups is 1. The number of hydrogen-bond donors (Lipinski definition) is 2. The average molecular weight is 334 g/mol. The zero-order valence-corrected chi connectivity index (χ0v) is 14.2. The molecule has 132 valence electrons. The summed E-state index contributed by atoms with van der Waals surface area (Å²) < 4.78 is 16.3. The van der Waals surface area contributed by atoms with Crippen molar-refractivity contribution in [1.29, 1.82) is 5.26 Å². The van der Waals surface area contributed by atoms with Crippen molar-refractivity contribution in [2.24, 2.45) is 0 Å². The van der Waals surface area contributed by atoms with Gasteiger partial charge < -0.3 is 24.6 Å². The van der Waals surface area contributed by atoms with Gasteiger partial charge in [-0.15, -0.1) is 0 Å². The first kappa shape index (κ1) is 18.5. The Bertz CT molecular complexity index is 550. The van der Waals surface area contributed by atoms with Gasteiger partial charge in [-0.2, -0.15) is 5.26 Å². The molecule has 0 unspecified atom stereocenters. The zero-order valence-electron chi connectivity index (χ0n) is 14.2. The molecule has 0 amide bonds. The largest absolute Gasteiger partial charge is 0.493 e. The number of benzene rings is 1. The van der Waals surface area contributed by atoms with Crippen molar-refractivity contribution in [1.82, 2.24) is 5.32 Å². The van der Waals surface area contributed by atoms with Gasteiger partial charge in [0.05, 0.1) is 25.4 Å². The van der Waals surface area contributed by atoms with Crippen molar-refractivity contribution in [2.45, 2.75) is 37.8 Å². The van der Waals surface area contributed by atoms with E-state index in [4.69, 9.17) is 19.5 Å². The van der Waals surface area contributed by atoms with Crippen LogP contribution in [0.5, 0.6) is 11.5 Å². The Morgan fingerprint density at radius 1 is 1.33 bits per heavy atom. The van der Waals surface area contributed by atoms with Gasteiger partial charge in [0.2, 0.25) is 0 Å². The highest BCUT2D eigenvalue weighted by molar-refractivity contribution is 5.42. The SMILES string of the molecule is COc1ccc(CNCC2(O)CCOCC2)cc1OCCCC#N. The summed E-state index contributed by atoms with van der Waals surface area (Å²) in [6.45, 7) is 2.89. The highest BCUT2D eigenvalue weighted by Crippen LogP contribution is 2.28. The predicted octanol–water partition coefficient (Wildman–Crippen LogP) is 2.01. The molecule has 0 bridgehead atoms. The van der Waals surface area contributed by atoms with Crippen LogP contribution in [0.1, 0.15) is 31.2 Å². The number of nitrogens with one attached hydrogen (secondary N) is 1. The van der Waals surface area contributed by atoms with Crippen LogP contribution in [0, 0.1) is 11.3 Å². The number of hydrogen-bond acceptors (Lipinski definition) is 6. The van der Waals surface area contributed by atoms with Crippen molar-refractivity contribution in [3.8, 4) is 17.6 Å². The Morgan fingerprint density at radius 2 is 2.12 bits per heavy atom. The minimum atomic E-state index is -0.679. The second kappa shape index (κ2) is 9.48. The van der Waals surface area contributed by atoms with Gasteiger partial charge in [-0.1, -0.05) is 6.07 Å². The van der Waals surface area contributed by atoms with Crippen molar-refractivity contribution in [3.63, 3.8) is 0 Å². The van der Waals surface area contributed by atoms with E-state index in [2.05, 4.69) is 11.4 Å². The fourth-order valence-corrected chi connectivity index (χ4v) is 2.64. The van der Waals surface area contributed by atoms with Crippen LogP contribution < -0.4 is 14.8 Å². The van der Waals surface area contributed by atoms with E-state index in [1.165, 1.54) is 0 Å². The number of unbranched alkanes of at least 4 members (excludes halogenated alkanes) is 1. The normalized spacial score (nSPS) is 16.4. The predicted molar refractivity (Wildman–Crippen MR) is 90.0 cm³/mol. The van der Waals surface area contributed by atoms with Gasteiger partial charge in [-0.25, -0.2) is 0 Å². The lowest BCUT2D eigenvalue weighted by atomic mass is 9.94. The van der Waals surface area contributed by atoms with E-state index in [1.54, 1.807) is 7.11 Å². The van der Waals surface area contributed by atoms with Crippen LogP contribution >= 0.6 is 0 Å². The molecule has 1 aliphatic heterocycles. The molecule has 0 aromatic heterocycles. The molecule has 1 aromatic rings. The summed E-state index contributed by atoms with van der Waals surface area (Å²) in [6, 6.07) is 7.89. The maximum Gasteiger partial charge on any atom is 0.161 e. The van der Waals surface area contributed by atoms with Crippen LogP contribution in [0.2, 0.25) is 0 Å². The second-order valence-corrected chi connectivity index (χ2v) is 6.04. The summed E-state index contributed by atoms with van der Waals surface area (Å²) in [5, 5.41) is 22.3. The van der Waals surface area contributed by atoms with E-state index in [-0.39, 0.29) is 0 Å². The van der Waals surface area contributed by atoms with E-state index in [1.807, 2.05) is 18.2 Å². The fourth-order valence-electron chi connectivity index (χ4n) is 2.64. The van der Waals surface area contributed by atoms with Crippen LogP contribution in [0.25, 0.3) is 0 Å². The molecular weight excluding hydrogens is 308 g/mol. The number of nitriles is 1. The maximum absolute atomic E-state index is 10.4. The van der Waals surface area contributed by atoms with Gasteiger partial charge in [0.1, 0.15) is 0 Å². The van der Waals surface area contributed by atoms with Gasteiger partial charge in [0.25, 0.3) is 0 Å². The van der Waals surface area contributed by atoms with Gasteiger partial charge in [-0.3, -0.25) is 0 Å². The van der Waals surface area contributed by atoms with Crippen molar-refractivity contribution < 1.29 is 19.3 Å². The topological polar surface area (TPSA) is 83.7 Å². The molecule has 1 saturated heterocycles. The molecule has 1 aliphatic rings. The first-order chi connectivity index (χ1) is 11.7. The Hall–Kier alpha value is -1.81. The second-order valence-electron chi connectivity index (χ2n) is 6.04. The Morgan fingerprint density at radius 3 is 2.83 bits per heavy atom. The minimum Gasteiger partial charge on any atom is -0.493 e. The summed E-state index contributed by atoms with van der Waals surface area (Å²) in [5.41, 5.74) is 0.378. The minimum absolute atomic E-state index is 0.478. The Labute approximate surface area is 143 Å². The first-order valence-electron chi connectivity index (χ1n) is 8.34. The lowest BCUT2D eigenvalue weighted by Gasteiger charge is -2.32.